The van der Waals surface area contributed by atoms with Gasteiger partial charge in [0.2, 0.25) is 5.78 Å². The fraction of sp³-hybridized carbons (Fsp3) is 0.250. The molecule has 0 fully saturated rings. The van der Waals surface area contributed by atoms with E-state index in [0.29, 0.717) is 22.8 Å². The molecule has 0 N–H and O–H groups in total. The topological polar surface area (TPSA) is 74.7 Å². The zero-order valence-corrected chi connectivity index (χ0v) is 17.1. The molecule has 3 rings (SSSR count). The van der Waals surface area contributed by atoms with Gasteiger partial charge >= 0.3 is 5.97 Å². The van der Waals surface area contributed by atoms with Crippen LogP contribution < -0.4 is 9.47 Å². The second kappa shape index (κ2) is 9.57. The van der Waals surface area contributed by atoms with Gasteiger partial charge in [-0.15, -0.1) is 11.3 Å². The molecule has 0 amide bonds. The molecule has 28 heavy (non-hydrogen) atoms. The lowest BCUT2D eigenvalue weighted by Gasteiger charge is -2.10. The lowest BCUT2D eigenvalue weighted by molar-refractivity contribution is -0.141. The molecule has 0 aliphatic rings. The summed E-state index contributed by atoms with van der Waals surface area (Å²) in [4.78, 5) is 28.8. The van der Waals surface area contributed by atoms with Crippen molar-refractivity contribution in [3.05, 3.63) is 48.0 Å². The Morgan fingerprint density at radius 3 is 2.68 bits per heavy atom. The van der Waals surface area contributed by atoms with Gasteiger partial charge in [0.05, 0.1) is 36.4 Å². The summed E-state index contributed by atoms with van der Waals surface area (Å²) in [5, 5.41) is 0. The number of carbonyl (C=O) groups is 2. The summed E-state index contributed by atoms with van der Waals surface area (Å²) in [5.41, 5.74) is 1.30. The number of thiazole rings is 1. The Balaban J connectivity index is 1.46. The Labute approximate surface area is 170 Å². The Bertz CT molecular complexity index is 953. The van der Waals surface area contributed by atoms with Gasteiger partial charge in [-0.1, -0.05) is 23.9 Å². The minimum absolute atomic E-state index is 0.202. The molecule has 0 aliphatic carbocycles. The van der Waals surface area contributed by atoms with E-state index in [4.69, 9.17) is 14.2 Å². The first-order valence-electron chi connectivity index (χ1n) is 8.50. The fourth-order valence-electron chi connectivity index (χ4n) is 2.46. The number of thioether (sulfide) groups is 1. The van der Waals surface area contributed by atoms with Crippen LogP contribution in [0.25, 0.3) is 10.2 Å². The van der Waals surface area contributed by atoms with E-state index in [2.05, 4.69) is 4.98 Å². The van der Waals surface area contributed by atoms with Crippen molar-refractivity contribution in [3.63, 3.8) is 0 Å². The molecule has 2 aromatic carbocycles. The maximum atomic E-state index is 12.3. The lowest BCUT2D eigenvalue weighted by Crippen LogP contribution is -2.15. The third-order valence-electron chi connectivity index (χ3n) is 3.88. The standard InChI is InChI=1S/C20H19NO5S2/c1-24-13-7-8-14(17(11-13)25-2)16(22)12-26-19(23)9-10-27-20-21-15-5-3-4-6-18(15)28-20/h3-8,11H,9-10,12H2,1-2H3. The Morgan fingerprint density at radius 1 is 1.11 bits per heavy atom. The largest absolute Gasteiger partial charge is 0.497 e. The van der Waals surface area contributed by atoms with Crippen LogP contribution in [0.4, 0.5) is 0 Å². The predicted molar refractivity (Wildman–Crippen MR) is 110 cm³/mol. The number of ketones is 1. The minimum atomic E-state index is -0.422. The van der Waals surface area contributed by atoms with Gasteiger partial charge in [0, 0.05) is 11.8 Å². The number of aromatic nitrogens is 1. The maximum absolute atomic E-state index is 12.3. The van der Waals surface area contributed by atoms with Crippen LogP contribution >= 0.6 is 23.1 Å². The average Bonchev–Trinajstić information content (AvgIpc) is 3.14. The van der Waals surface area contributed by atoms with Gasteiger partial charge < -0.3 is 14.2 Å². The van der Waals surface area contributed by atoms with Gasteiger partial charge in [-0.3, -0.25) is 9.59 Å². The van der Waals surface area contributed by atoms with Crippen LogP contribution in [0.5, 0.6) is 11.5 Å². The van der Waals surface area contributed by atoms with E-state index in [9.17, 15) is 9.59 Å². The molecule has 0 aliphatic heterocycles. The summed E-state index contributed by atoms with van der Waals surface area (Å²) < 4.78 is 17.4. The molecule has 1 heterocycles. The van der Waals surface area contributed by atoms with Crippen molar-refractivity contribution in [1.82, 2.24) is 4.98 Å². The molecule has 0 atom stereocenters. The molecule has 8 heteroatoms. The van der Waals surface area contributed by atoms with Crippen molar-refractivity contribution in [2.45, 2.75) is 10.8 Å². The van der Waals surface area contributed by atoms with Gasteiger partial charge in [-0.25, -0.2) is 4.98 Å². The van der Waals surface area contributed by atoms with Gasteiger partial charge in [0.1, 0.15) is 11.5 Å². The first kappa shape index (κ1) is 20.2. The second-order valence-electron chi connectivity index (χ2n) is 5.70. The molecule has 146 valence electrons. The van der Waals surface area contributed by atoms with Crippen molar-refractivity contribution in [2.24, 2.45) is 0 Å². The molecule has 6 nitrogen and oxygen atoms in total. The van der Waals surface area contributed by atoms with E-state index >= 15 is 0 Å². The zero-order valence-electron chi connectivity index (χ0n) is 15.5. The van der Waals surface area contributed by atoms with Crippen LogP contribution in [0.15, 0.2) is 46.8 Å². The van der Waals surface area contributed by atoms with Crippen molar-refractivity contribution >= 4 is 45.1 Å². The molecule has 0 bridgehead atoms. The van der Waals surface area contributed by atoms with E-state index < -0.39 is 5.97 Å². The minimum Gasteiger partial charge on any atom is -0.497 e. The first-order chi connectivity index (χ1) is 13.6. The Hall–Kier alpha value is -2.58. The lowest BCUT2D eigenvalue weighted by atomic mass is 10.1. The summed E-state index contributed by atoms with van der Waals surface area (Å²) in [6.07, 6.45) is 0.202. The van der Waals surface area contributed by atoms with Gasteiger partial charge in [-0.2, -0.15) is 0 Å². The van der Waals surface area contributed by atoms with Crippen LogP contribution in [0.3, 0.4) is 0 Å². The quantitative estimate of drug-likeness (QED) is 0.293. The molecule has 3 aromatic rings. The third-order valence-corrected chi connectivity index (χ3v) is 6.06. The normalized spacial score (nSPS) is 10.6. The number of Topliss-reactive ketones (excluding diaryl/α,β-unsaturated/α-hetero) is 1. The summed E-state index contributed by atoms with van der Waals surface area (Å²) in [6, 6.07) is 12.8. The fourth-order valence-corrected chi connectivity index (χ4v) is 4.52. The third kappa shape index (κ3) is 5.02. The highest BCUT2D eigenvalue weighted by atomic mass is 32.2. The van der Waals surface area contributed by atoms with Crippen molar-refractivity contribution in [1.29, 1.82) is 0 Å². The molecular weight excluding hydrogens is 398 g/mol. The Kier molecular flexibility index (Phi) is 6.89. The second-order valence-corrected chi connectivity index (χ2v) is 8.07. The van der Waals surface area contributed by atoms with E-state index in [1.807, 2.05) is 24.3 Å². The van der Waals surface area contributed by atoms with Gasteiger partial charge in [0.15, 0.2) is 10.9 Å². The van der Waals surface area contributed by atoms with Crippen LogP contribution in [-0.2, 0) is 9.53 Å². The highest BCUT2D eigenvalue weighted by Gasteiger charge is 2.16. The molecule has 0 saturated heterocycles. The Morgan fingerprint density at radius 2 is 1.93 bits per heavy atom. The SMILES string of the molecule is COc1ccc(C(=O)COC(=O)CCSc2nc3ccccc3s2)c(OC)c1. The first-order valence-corrected chi connectivity index (χ1v) is 10.3. The maximum Gasteiger partial charge on any atom is 0.307 e. The molecule has 0 saturated carbocycles. The van der Waals surface area contributed by atoms with Crippen molar-refractivity contribution in [3.8, 4) is 11.5 Å². The highest BCUT2D eigenvalue weighted by molar-refractivity contribution is 8.01. The number of esters is 1. The van der Waals surface area contributed by atoms with E-state index in [-0.39, 0.29) is 18.8 Å². The summed E-state index contributed by atoms with van der Waals surface area (Å²) in [5.74, 6) is 0.754. The molecule has 0 unspecified atom stereocenters. The van der Waals surface area contributed by atoms with E-state index in [0.717, 1.165) is 14.6 Å². The summed E-state index contributed by atoms with van der Waals surface area (Å²) in [6.45, 7) is -0.326. The van der Waals surface area contributed by atoms with Crippen LogP contribution in [0.2, 0.25) is 0 Å². The van der Waals surface area contributed by atoms with Crippen LogP contribution in [0.1, 0.15) is 16.8 Å². The average molecular weight is 418 g/mol. The smallest absolute Gasteiger partial charge is 0.307 e. The number of para-hydroxylation sites is 1. The molecular formula is C20H19NO5S2. The van der Waals surface area contributed by atoms with Crippen LogP contribution in [0, 0.1) is 0 Å². The number of rotatable bonds is 9. The zero-order chi connectivity index (χ0) is 19.9. The van der Waals surface area contributed by atoms with Gasteiger partial charge in [0.25, 0.3) is 0 Å². The monoisotopic (exact) mass is 417 g/mol. The summed E-state index contributed by atoms with van der Waals surface area (Å²) in [7, 11) is 3.00. The molecule has 0 spiro atoms. The van der Waals surface area contributed by atoms with Crippen molar-refractivity contribution < 1.29 is 23.8 Å². The number of hydrogen-bond acceptors (Lipinski definition) is 8. The molecule has 1 aromatic heterocycles. The number of ether oxygens (including phenoxy) is 3. The van der Waals surface area contributed by atoms with Gasteiger partial charge in [-0.05, 0) is 24.3 Å². The van der Waals surface area contributed by atoms with E-state index in [1.165, 1.54) is 26.0 Å². The molecule has 0 radical (unpaired) electrons. The predicted octanol–water partition coefficient (Wildman–Crippen LogP) is 4.22. The van der Waals surface area contributed by atoms with Crippen LogP contribution in [-0.4, -0.2) is 43.3 Å². The highest BCUT2D eigenvalue weighted by Crippen LogP contribution is 2.29. The number of nitrogens with zero attached hydrogens (tertiary/aromatic N) is 1. The number of hydrogen-bond donors (Lipinski definition) is 0. The number of methoxy groups -OCH3 is 2. The number of carbonyl (C=O) groups excluding carboxylic acids is 2. The van der Waals surface area contributed by atoms with Crippen molar-refractivity contribution in [2.75, 3.05) is 26.6 Å². The number of benzene rings is 2. The summed E-state index contributed by atoms with van der Waals surface area (Å²) >= 11 is 3.10. The van der Waals surface area contributed by atoms with E-state index in [1.54, 1.807) is 29.5 Å². The number of fused-ring (bicyclic) bond motifs is 1.